The van der Waals surface area contributed by atoms with Crippen LogP contribution in [0.3, 0.4) is 0 Å². The maximum Gasteiger partial charge on any atom is 0.410 e. The Morgan fingerprint density at radius 1 is 1.20 bits per heavy atom. The summed E-state index contributed by atoms with van der Waals surface area (Å²) in [5.41, 5.74) is 0.915. The van der Waals surface area contributed by atoms with Crippen LogP contribution in [0.4, 0.5) is 4.79 Å². The number of hydrogen-bond acceptors (Lipinski definition) is 6. The number of aromatic nitrogens is 4. The second-order valence-corrected chi connectivity index (χ2v) is 15.0. The molecule has 1 aromatic carbocycles. The van der Waals surface area contributed by atoms with E-state index >= 15 is 0 Å². The first-order chi connectivity index (χ1) is 19.2. The summed E-state index contributed by atoms with van der Waals surface area (Å²) in [6.07, 6.45) is 2.73. The Balaban J connectivity index is 1.67. The number of amides is 1. The van der Waals surface area contributed by atoms with Crippen molar-refractivity contribution in [1.29, 1.82) is 0 Å². The Labute approximate surface area is 247 Å². The van der Waals surface area contributed by atoms with Gasteiger partial charge < -0.3 is 9.64 Å². The molecule has 1 aliphatic heterocycles. The van der Waals surface area contributed by atoms with Crippen LogP contribution in [-0.4, -0.2) is 56.2 Å². The molecule has 2 fully saturated rings. The van der Waals surface area contributed by atoms with Gasteiger partial charge in [-0.1, -0.05) is 18.2 Å². The van der Waals surface area contributed by atoms with Gasteiger partial charge in [-0.15, -0.1) is 0 Å². The standard InChI is InChI=1S/C29H34BrN5O5S/c1-17(2)34-23-20(32(6)26(34)36)15-31-25-21(23)22(24(30)35(25)41(38,39)19-10-8-7-9-11-19)29-14-18(29)12-13-33(16-29)27(37)40-28(3,4)5/h7-11,15,17-18H,12-14,16H2,1-6H3. The number of halogens is 1. The molecule has 218 valence electrons. The average Bonchev–Trinajstić information content (AvgIpc) is 3.46. The van der Waals surface area contributed by atoms with Crippen LogP contribution in [0.25, 0.3) is 22.1 Å². The van der Waals surface area contributed by atoms with Crippen molar-refractivity contribution < 1.29 is 17.9 Å². The van der Waals surface area contributed by atoms with Gasteiger partial charge in [0.25, 0.3) is 10.0 Å². The van der Waals surface area contributed by atoms with Gasteiger partial charge in [-0.05, 0) is 81.4 Å². The van der Waals surface area contributed by atoms with Crippen LogP contribution in [0.15, 0.2) is 50.8 Å². The highest BCUT2D eigenvalue weighted by Crippen LogP contribution is 2.62. The van der Waals surface area contributed by atoms with Crippen LogP contribution in [0, 0.1) is 5.92 Å². The number of imidazole rings is 1. The van der Waals surface area contributed by atoms with Gasteiger partial charge in [0.2, 0.25) is 0 Å². The van der Waals surface area contributed by atoms with E-state index in [0.717, 1.165) is 18.4 Å². The van der Waals surface area contributed by atoms with Crippen molar-refractivity contribution >= 4 is 54.1 Å². The highest BCUT2D eigenvalue weighted by atomic mass is 79.9. The lowest BCUT2D eigenvalue weighted by atomic mass is 9.89. The fourth-order valence-electron chi connectivity index (χ4n) is 6.42. The third-order valence-corrected chi connectivity index (χ3v) is 11.0. The number of hydrogen-bond donors (Lipinski definition) is 0. The Morgan fingerprint density at radius 2 is 1.88 bits per heavy atom. The van der Waals surface area contributed by atoms with E-state index < -0.39 is 21.0 Å². The van der Waals surface area contributed by atoms with Gasteiger partial charge >= 0.3 is 11.8 Å². The minimum Gasteiger partial charge on any atom is -0.444 e. The van der Waals surface area contributed by atoms with E-state index in [1.54, 1.807) is 57.6 Å². The van der Waals surface area contributed by atoms with Crippen LogP contribution in [0.1, 0.15) is 59.1 Å². The van der Waals surface area contributed by atoms with E-state index in [1.165, 1.54) is 3.97 Å². The summed E-state index contributed by atoms with van der Waals surface area (Å²) in [6, 6.07) is 8.06. The molecule has 0 radical (unpaired) electrons. The molecule has 2 aliphatic rings. The summed E-state index contributed by atoms with van der Waals surface area (Å²) >= 11 is 3.72. The predicted octanol–water partition coefficient (Wildman–Crippen LogP) is 5.17. The Kier molecular flexibility index (Phi) is 6.28. The van der Waals surface area contributed by atoms with Crippen LogP contribution < -0.4 is 5.69 Å². The molecule has 1 amide bonds. The van der Waals surface area contributed by atoms with E-state index in [4.69, 9.17) is 4.74 Å². The van der Waals surface area contributed by atoms with Crippen molar-refractivity contribution in [3.05, 3.63) is 57.2 Å². The fourth-order valence-corrected chi connectivity index (χ4v) is 9.13. The van der Waals surface area contributed by atoms with Crippen molar-refractivity contribution in [2.24, 2.45) is 13.0 Å². The zero-order chi connectivity index (χ0) is 29.6. The number of pyridine rings is 1. The second kappa shape index (κ2) is 9.19. The van der Waals surface area contributed by atoms with Gasteiger partial charge in [0, 0.05) is 37.2 Å². The Hall–Kier alpha value is -3.12. The molecule has 10 nitrogen and oxygen atoms in total. The van der Waals surface area contributed by atoms with Crippen LogP contribution in [-0.2, 0) is 27.2 Å². The molecule has 2 atom stereocenters. The normalized spacial score (nSPS) is 21.1. The molecule has 1 aliphatic carbocycles. The maximum absolute atomic E-state index is 14.2. The molecule has 4 heterocycles. The van der Waals surface area contributed by atoms with Crippen molar-refractivity contribution in [3.63, 3.8) is 0 Å². The minimum absolute atomic E-state index is 0.129. The molecule has 3 aromatic heterocycles. The van der Waals surface area contributed by atoms with Crippen molar-refractivity contribution in [1.82, 2.24) is 23.0 Å². The molecule has 41 heavy (non-hydrogen) atoms. The first kappa shape index (κ1) is 28.0. The summed E-state index contributed by atoms with van der Waals surface area (Å²) in [5.74, 6) is 0.245. The number of carbonyl (C=O) groups excluding carboxylic acids is 1. The third-order valence-electron chi connectivity index (χ3n) is 8.33. The van der Waals surface area contributed by atoms with Gasteiger partial charge in [-0.2, -0.15) is 0 Å². The van der Waals surface area contributed by atoms with E-state index in [1.807, 2.05) is 34.6 Å². The topological polar surface area (TPSA) is 108 Å². The first-order valence-electron chi connectivity index (χ1n) is 13.8. The number of aryl methyl sites for hydroxylation is 1. The lowest BCUT2D eigenvalue weighted by Crippen LogP contribution is -2.45. The SMILES string of the molecule is CC(C)n1c(=O)n(C)c2cnc3c(c(C45CC4CCN(C(=O)OC(C)(C)C)C5)c(Br)n3S(=O)(=O)c3ccccc3)c21. The molecule has 4 aromatic rings. The van der Waals surface area contributed by atoms with Gasteiger partial charge in [0.05, 0.1) is 27.5 Å². The van der Waals surface area contributed by atoms with Gasteiger partial charge in [-0.25, -0.2) is 27.0 Å². The van der Waals surface area contributed by atoms with Gasteiger partial charge in [0.15, 0.2) is 5.65 Å². The Morgan fingerprint density at radius 3 is 2.51 bits per heavy atom. The average molecular weight is 645 g/mol. The number of carbonyl (C=O) groups is 1. The van der Waals surface area contributed by atoms with Crippen LogP contribution in [0.2, 0.25) is 0 Å². The zero-order valence-corrected chi connectivity index (χ0v) is 26.4. The summed E-state index contributed by atoms with van der Waals surface area (Å²) in [7, 11) is -2.37. The molecule has 1 saturated heterocycles. The number of likely N-dealkylation sites (tertiary alicyclic amines) is 1. The van der Waals surface area contributed by atoms with E-state index in [-0.39, 0.29) is 34.3 Å². The molecular weight excluding hydrogens is 610 g/mol. The molecule has 0 N–H and O–H groups in total. The van der Waals surface area contributed by atoms with E-state index in [2.05, 4.69) is 20.9 Å². The predicted molar refractivity (Wildman–Crippen MR) is 160 cm³/mol. The molecular formula is C29H34BrN5O5S. The van der Waals surface area contributed by atoms with Crippen molar-refractivity contribution in [2.45, 2.75) is 69.4 Å². The molecule has 2 unspecified atom stereocenters. The minimum atomic E-state index is -4.07. The number of piperidine rings is 1. The Bertz CT molecular complexity index is 1880. The number of ether oxygens (including phenoxy) is 1. The molecule has 6 rings (SSSR count). The highest BCUT2D eigenvalue weighted by Gasteiger charge is 2.61. The molecule has 12 heteroatoms. The molecule has 0 bridgehead atoms. The summed E-state index contributed by atoms with van der Waals surface area (Å²) in [6.45, 7) is 10.3. The third kappa shape index (κ3) is 4.16. The summed E-state index contributed by atoms with van der Waals surface area (Å²) in [4.78, 5) is 33.1. The van der Waals surface area contributed by atoms with E-state index in [9.17, 15) is 18.0 Å². The molecule has 0 spiro atoms. The zero-order valence-electron chi connectivity index (χ0n) is 24.0. The largest absolute Gasteiger partial charge is 0.444 e. The quantitative estimate of drug-likeness (QED) is 0.304. The number of fused-ring (bicyclic) bond motifs is 4. The van der Waals surface area contributed by atoms with Crippen molar-refractivity contribution in [3.8, 4) is 0 Å². The lowest BCUT2D eigenvalue weighted by Gasteiger charge is -2.34. The molecule has 1 saturated carbocycles. The summed E-state index contributed by atoms with van der Waals surface area (Å²) in [5, 5.41) is 0.619. The monoisotopic (exact) mass is 643 g/mol. The highest BCUT2D eigenvalue weighted by molar-refractivity contribution is 9.10. The van der Waals surface area contributed by atoms with Gasteiger partial charge in [-0.3, -0.25) is 9.13 Å². The number of benzene rings is 1. The summed E-state index contributed by atoms with van der Waals surface area (Å²) < 4.78 is 38.9. The fraction of sp³-hybridized carbons (Fsp3) is 0.483. The van der Waals surface area contributed by atoms with Gasteiger partial charge in [0.1, 0.15) is 10.2 Å². The second-order valence-electron chi connectivity index (χ2n) is 12.5. The van der Waals surface area contributed by atoms with Crippen molar-refractivity contribution in [2.75, 3.05) is 13.1 Å². The van der Waals surface area contributed by atoms with E-state index in [0.29, 0.717) is 34.1 Å². The number of rotatable bonds is 4. The van der Waals surface area contributed by atoms with Crippen LogP contribution in [0.5, 0.6) is 0 Å². The number of nitrogens with zero attached hydrogens (tertiary/aromatic N) is 5. The maximum atomic E-state index is 14.2. The van der Waals surface area contributed by atoms with Crippen LogP contribution >= 0.6 is 15.9 Å². The smallest absolute Gasteiger partial charge is 0.410 e. The first-order valence-corrected chi connectivity index (χ1v) is 16.0. The lowest BCUT2D eigenvalue weighted by molar-refractivity contribution is 0.0191.